The first-order valence-electron chi connectivity index (χ1n) is 12.9. The van der Waals surface area contributed by atoms with E-state index in [9.17, 15) is 4.79 Å². The summed E-state index contributed by atoms with van der Waals surface area (Å²) in [6, 6.07) is 12.5. The largest absolute Gasteiger partial charge is 0.381 e. The Labute approximate surface area is 215 Å². The average Bonchev–Trinajstić information content (AvgIpc) is 3.44. The van der Waals surface area contributed by atoms with Crippen LogP contribution in [0.25, 0.3) is 22.2 Å². The van der Waals surface area contributed by atoms with Crippen LogP contribution in [-0.2, 0) is 24.9 Å². The molecule has 1 fully saturated rings. The van der Waals surface area contributed by atoms with Crippen LogP contribution in [0.2, 0.25) is 0 Å². The third-order valence-corrected chi connectivity index (χ3v) is 8.14. The zero-order chi connectivity index (χ0) is 25.1. The predicted molar refractivity (Wildman–Crippen MR) is 143 cm³/mol. The number of aromatic nitrogens is 3. The third kappa shape index (κ3) is 3.70. The van der Waals surface area contributed by atoms with Gasteiger partial charge in [-0.15, -0.1) is 0 Å². The summed E-state index contributed by atoms with van der Waals surface area (Å²) in [6.45, 7) is 3.95. The molecule has 0 unspecified atom stereocenters. The van der Waals surface area contributed by atoms with Gasteiger partial charge in [-0.25, -0.2) is 9.97 Å². The van der Waals surface area contributed by atoms with Crippen molar-refractivity contribution in [2.24, 2.45) is 13.0 Å². The molecule has 0 spiro atoms. The van der Waals surface area contributed by atoms with Crippen molar-refractivity contribution in [2.75, 3.05) is 32.1 Å². The minimum atomic E-state index is -0.0581. The number of hydrogen-bond donors (Lipinski definition) is 2. The molecular formula is C29H30N6O2. The Morgan fingerprint density at radius 1 is 1.11 bits per heavy atom. The van der Waals surface area contributed by atoms with Crippen LogP contribution in [0.1, 0.15) is 39.5 Å². The molecule has 3 aliphatic rings. The fraction of sp³-hybridized carbons (Fsp3) is 0.345. The van der Waals surface area contributed by atoms with Gasteiger partial charge in [0.1, 0.15) is 11.5 Å². The van der Waals surface area contributed by atoms with Crippen molar-refractivity contribution >= 4 is 28.4 Å². The van der Waals surface area contributed by atoms with Crippen molar-refractivity contribution in [1.82, 2.24) is 24.8 Å². The second-order valence-electron chi connectivity index (χ2n) is 10.5. The van der Waals surface area contributed by atoms with Crippen molar-refractivity contribution in [2.45, 2.75) is 25.4 Å². The summed E-state index contributed by atoms with van der Waals surface area (Å²) in [4.78, 5) is 24.9. The predicted octanol–water partition coefficient (Wildman–Crippen LogP) is 4.19. The first-order chi connectivity index (χ1) is 18.1. The number of amides is 1. The Bertz CT molecular complexity index is 1540. The smallest absolute Gasteiger partial charge is 0.254 e. The number of nitrogens with zero attached hydrogens (tertiary/aromatic N) is 4. The molecule has 0 bridgehead atoms. The molecule has 4 aromatic rings. The standard InChI is InChI=1S/C29H30N6O2/c1-34-14-17-16-37-12-9-18(17)21-4-6-26(33-25(21)15-34)32-24-5-3-19(23-13-31-29(36)27(23)24)20-7-10-30-28-22(20)8-11-35(28)2/h3-8,10-11,17-18H,9,12-16H2,1-2H3,(H,31,36)(H,32,33)/t17-,18+/m1/s1. The van der Waals surface area contributed by atoms with Gasteiger partial charge in [-0.3, -0.25) is 4.79 Å². The van der Waals surface area contributed by atoms with Gasteiger partial charge in [0.2, 0.25) is 0 Å². The summed E-state index contributed by atoms with van der Waals surface area (Å²) in [7, 11) is 4.15. The van der Waals surface area contributed by atoms with Gasteiger partial charge in [0, 0.05) is 57.0 Å². The number of pyridine rings is 2. The van der Waals surface area contributed by atoms with Crippen LogP contribution in [-0.4, -0.2) is 52.1 Å². The number of ether oxygens (including phenoxy) is 1. The summed E-state index contributed by atoms with van der Waals surface area (Å²) in [5.74, 6) is 1.70. The molecular weight excluding hydrogens is 464 g/mol. The van der Waals surface area contributed by atoms with Crippen LogP contribution in [0.3, 0.4) is 0 Å². The molecule has 37 heavy (non-hydrogen) atoms. The van der Waals surface area contributed by atoms with Crippen LogP contribution in [0.5, 0.6) is 0 Å². The number of rotatable bonds is 3. The monoisotopic (exact) mass is 494 g/mol. The molecule has 6 heterocycles. The lowest BCUT2D eigenvalue weighted by molar-refractivity contribution is 0.0304. The van der Waals surface area contributed by atoms with Gasteiger partial charge >= 0.3 is 0 Å². The van der Waals surface area contributed by atoms with Gasteiger partial charge < -0.3 is 24.8 Å². The molecule has 0 radical (unpaired) electrons. The van der Waals surface area contributed by atoms with E-state index >= 15 is 0 Å². The zero-order valence-electron chi connectivity index (χ0n) is 21.1. The summed E-state index contributed by atoms with van der Waals surface area (Å²) in [5, 5.41) is 7.59. The average molecular weight is 495 g/mol. The number of benzene rings is 1. The molecule has 2 atom stereocenters. The van der Waals surface area contributed by atoms with Gasteiger partial charge in [-0.1, -0.05) is 12.1 Å². The topological polar surface area (TPSA) is 84.3 Å². The zero-order valence-corrected chi connectivity index (χ0v) is 21.1. The number of aryl methyl sites for hydroxylation is 1. The quantitative estimate of drug-likeness (QED) is 0.444. The molecule has 1 saturated heterocycles. The summed E-state index contributed by atoms with van der Waals surface area (Å²) < 4.78 is 7.79. The van der Waals surface area contributed by atoms with Crippen molar-refractivity contribution in [3.05, 3.63) is 71.2 Å². The summed E-state index contributed by atoms with van der Waals surface area (Å²) >= 11 is 0. The fourth-order valence-corrected chi connectivity index (χ4v) is 6.39. The second kappa shape index (κ2) is 8.68. The van der Waals surface area contributed by atoms with E-state index in [1.54, 1.807) is 0 Å². The van der Waals surface area contributed by atoms with Crippen molar-refractivity contribution in [3.63, 3.8) is 0 Å². The third-order valence-electron chi connectivity index (χ3n) is 8.14. The van der Waals surface area contributed by atoms with Crippen LogP contribution >= 0.6 is 0 Å². The SMILES string of the molecule is CN1Cc2nc(Nc3ccc(-c4ccnc5c4ccn5C)c4c3C(=O)NC4)ccc2[C@H]2CCOC[C@H]2C1. The number of carbonyl (C=O) groups is 1. The molecule has 3 aliphatic heterocycles. The summed E-state index contributed by atoms with van der Waals surface area (Å²) in [6.07, 6.45) is 4.89. The highest BCUT2D eigenvalue weighted by atomic mass is 16.5. The number of anilines is 2. The Kier molecular flexibility index (Phi) is 5.26. The Hall–Kier alpha value is -3.75. The number of hydrogen-bond acceptors (Lipinski definition) is 6. The lowest BCUT2D eigenvalue weighted by Gasteiger charge is -2.31. The number of carbonyl (C=O) groups excluding carboxylic acids is 1. The van der Waals surface area contributed by atoms with E-state index in [4.69, 9.17) is 9.72 Å². The van der Waals surface area contributed by atoms with Crippen LogP contribution in [0.4, 0.5) is 11.5 Å². The maximum Gasteiger partial charge on any atom is 0.254 e. The van der Waals surface area contributed by atoms with E-state index in [1.165, 1.54) is 5.56 Å². The molecule has 8 nitrogen and oxygen atoms in total. The molecule has 8 heteroatoms. The van der Waals surface area contributed by atoms with Crippen molar-refractivity contribution in [3.8, 4) is 11.1 Å². The highest BCUT2D eigenvalue weighted by molar-refractivity contribution is 6.07. The lowest BCUT2D eigenvalue weighted by atomic mass is 9.83. The molecule has 2 N–H and O–H groups in total. The molecule has 188 valence electrons. The first-order valence-corrected chi connectivity index (χ1v) is 12.9. The van der Waals surface area contributed by atoms with Gasteiger partial charge in [0.15, 0.2) is 0 Å². The van der Waals surface area contributed by atoms with Crippen LogP contribution in [0.15, 0.2) is 48.8 Å². The number of fused-ring (bicyclic) bond motifs is 5. The summed E-state index contributed by atoms with van der Waals surface area (Å²) in [5.41, 5.74) is 8.00. The molecule has 0 saturated carbocycles. The molecule has 1 aromatic carbocycles. The minimum Gasteiger partial charge on any atom is -0.381 e. The van der Waals surface area contributed by atoms with E-state index in [0.717, 1.165) is 77.6 Å². The normalized spacial score (nSPS) is 21.2. The Morgan fingerprint density at radius 3 is 2.95 bits per heavy atom. The van der Waals surface area contributed by atoms with Gasteiger partial charge in [-0.05, 0) is 65.9 Å². The van der Waals surface area contributed by atoms with E-state index < -0.39 is 0 Å². The minimum absolute atomic E-state index is 0.0581. The van der Waals surface area contributed by atoms with Crippen LogP contribution in [0, 0.1) is 5.92 Å². The fourth-order valence-electron chi connectivity index (χ4n) is 6.39. The lowest BCUT2D eigenvalue weighted by Crippen LogP contribution is -2.32. The van der Waals surface area contributed by atoms with Gasteiger partial charge in [0.05, 0.1) is 23.6 Å². The van der Waals surface area contributed by atoms with E-state index in [-0.39, 0.29) is 5.91 Å². The number of nitrogens with one attached hydrogen (secondary N) is 2. The molecule has 1 amide bonds. The van der Waals surface area contributed by atoms with Crippen molar-refractivity contribution < 1.29 is 9.53 Å². The molecule has 3 aromatic heterocycles. The second-order valence-corrected chi connectivity index (χ2v) is 10.5. The maximum atomic E-state index is 13.0. The Morgan fingerprint density at radius 2 is 2.03 bits per heavy atom. The maximum absolute atomic E-state index is 13.0. The van der Waals surface area contributed by atoms with E-state index in [2.05, 4.69) is 51.8 Å². The van der Waals surface area contributed by atoms with Gasteiger partial charge in [-0.2, -0.15) is 0 Å². The van der Waals surface area contributed by atoms with E-state index in [1.807, 2.05) is 36.1 Å². The van der Waals surface area contributed by atoms with Crippen LogP contribution < -0.4 is 10.6 Å². The molecule has 7 rings (SSSR count). The van der Waals surface area contributed by atoms with Crippen molar-refractivity contribution in [1.29, 1.82) is 0 Å². The first kappa shape index (κ1) is 22.4. The Balaban J connectivity index is 1.27. The molecule has 0 aliphatic carbocycles. The van der Waals surface area contributed by atoms with Gasteiger partial charge in [0.25, 0.3) is 5.91 Å². The highest BCUT2D eigenvalue weighted by Crippen LogP contribution is 2.39. The highest BCUT2D eigenvalue weighted by Gasteiger charge is 2.33. The van der Waals surface area contributed by atoms with E-state index in [0.29, 0.717) is 23.9 Å².